The Bertz CT molecular complexity index is 305. The van der Waals surface area contributed by atoms with Gasteiger partial charge in [0.2, 0.25) is 0 Å². The smallest absolute Gasteiger partial charge is 0.185 e. The van der Waals surface area contributed by atoms with E-state index < -0.39 is 0 Å². The highest BCUT2D eigenvalue weighted by atomic mass is 32.1. The highest BCUT2D eigenvalue weighted by Crippen LogP contribution is 2.21. The summed E-state index contributed by atoms with van der Waals surface area (Å²) in [4.78, 5) is 7.68. The molecule has 0 fully saturated rings. The van der Waals surface area contributed by atoms with Crippen LogP contribution in [0.1, 0.15) is 32.1 Å². The van der Waals surface area contributed by atoms with Crippen LogP contribution in [0.25, 0.3) is 0 Å². The van der Waals surface area contributed by atoms with Gasteiger partial charge in [0.1, 0.15) is 0 Å². The first kappa shape index (κ1) is 12.5. The Hall–Kier alpha value is -0.610. The van der Waals surface area contributed by atoms with Crippen molar-refractivity contribution in [2.24, 2.45) is 0 Å². The fourth-order valence-electron chi connectivity index (χ4n) is 1.04. The second kappa shape index (κ2) is 4.94. The molecule has 0 aliphatic rings. The second-order valence-corrected chi connectivity index (χ2v) is 5.69. The lowest BCUT2D eigenvalue weighted by molar-refractivity contribution is 0.376. The largest absolute Gasteiger partial charge is 0.354 e. The Labute approximate surface area is 96.5 Å². The Balaban J connectivity index is 2.51. The van der Waals surface area contributed by atoms with Crippen LogP contribution in [0.5, 0.6) is 0 Å². The fraction of sp³-hybridized carbons (Fsp3) is 0.727. The maximum atomic E-state index is 4.35. The van der Waals surface area contributed by atoms with Crippen molar-refractivity contribution < 1.29 is 0 Å². The minimum atomic E-state index is 0.211. The van der Waals surface area contributed by atoms with E-state index in [1.54, 1.807) is 11.3 Å². The molecule has 0 aliphatic carbocycles. The molecule has 1 aromatic rings. The van der Waals surface area contributed by atoms with Gasteiger partial charge in [-0.2, -0.15) is 0 Å². The topological polar surface area (TPSA) is 28.2 Å². The van der Waals surface area contributed by atoms with Crippen molar-refractivity contribution in [3.05, 3.63) is 11.1 Å². The van der Waals surface area contributed by atoms with E-state index in [2.05, 4.69) is 31.1 Å². The summed E-state index contributed by atoms with van der Waals surface area (Å²) in [6.45, 7) is 7.55. The summed E-state index contributed by atoms with van der Waals surface area (Å²) in [7, 11) is 4.04. The molecule has 0 spiro atoms. The third kappa shape index (κ3) is 3.80. The third-order valence-electron chi connectivity index (χ3n) is 2.55. The lowest BCUT2D eigenvalue weighted by Crippen LogP contribution is -2.37. The quantitative estimate of drug-likeness (QED) is 0.837. The zero-order chi connectivity index (χ0) is 11.5. The van der Waals surface area contributed by atoms with E-state index in [4.69, 9.17) is 0 Å². The normalized spacial score (nSPS) is 11.8. The summed E-state index contributed by atoms with van der Waals surface area (Å²) < 4.78 is 0. The lowest BCUT2D eigenvalue weighted by Gasteiger charge is -2.23. The summed E-state index contributed by atoms with van der Waals surface area (Å²) in [6, 6.07) is 0. The van der Waals surface area contributed by atoms with E-state index >= 15 is 0 Å². The zero-order valence-electron chi connectivity index (χ0n) is 10.3. The van der Waals surface area contributed by atoms with Gasteiger partial charge in [-0.1, -0.05) is 6.92 Å². The summed E-state index contributed by atoms with van der Waals surface area (Å²) in [5, 5.41) is 4.60. The average molecular weight is 227 g/mol. The second-order valence-electron chi connectivity index (χ2n) is 4.59. The molecule has 0 amide bonds. The molecule has 0 radical (unpaired) electrons. The number of rotatable bonds is 5. The van der Waals surface area contributed by atoms with Crippen LogP contribution in [0.15, 0.2) is 6.20 Å². The molecule has 0 bridgehead atoms. The molecule has 3 nitrogen and oxygen atoms in total. The molecule has 0 aromatic carbocycles. The summed E-state index contributed by atoms with van der Waals surface area (Å²) in [6.07, 6.45) is 3.09. The molecular formula is C11H21N3S. The number of hydrogen-bond acceptors (Lipinski definition) is 4. The maximum Gasteiger partial charge on any atom is 0.185 e. The fourth-order valence-corrected chi connectivity index (χ4v) is 1.81. The highest BCUT2D eigenvalue weighted by molar-refractivity contribution is 7.15. The molecule has 1 aromatic heterocycles. The summed E-state index contributed by atoms with van der Waals surface area (Å²) in [5.41, 5.74) is 0.211. The van der Waals surface area contributed by atoms with Gasteiger partial charge in [0.25, 0.3) is 0 Å². The molecule has 4 heteroatoms. The molecule has 0 saturated carbocycles. The number of nitrogens with zero attached hydrogens (tertiary/aromatic N) is 2. The van der Waals surface area contributed by atoms with Crippen molar-refractivity contribution in [2.75, 3.05) is 19.0 Å². The first-order valence-electron chi connectivity index (χ1n) is 5.31. The van der Waals surface area contributed by atoms with Crippen LogP contribution in [0.2, 0.25) is 0 Å². The minimum Gasteiger partial charge on any atom is -0.354 e. The SMILES string of the molecule is CCC(C)(C)NCc1cnc(N(C)C)s1. The zero-order valence-corrected chi connectivity index (χ0v) is 11.1. The van der Waals surface area contributed by atoms with Gasteiger partial charge in [-0.05, 0) is 20.3 Å². The number of anilines is 1. The number of aromatic nitrogens is 1. The third-order valence-corrected chi connectivity index (χ3v) is 3.71. The molecule has 0 unspecified atom stereocenters. The van der Waals surface area contributed by atoms with Crippen LogP contribution in [-0.4, -0.2) is 24.6 Å². The van der Waals surface area contributed by atoms with Gasteiger partial charge in [-0.25, -0.2) is 4.98 Å². The highest BCUT2D eigenvalue weighted by Gasteiger charge is 2.14. The van der Waals surface area contributed by atoms with Gasteiger partial charge in [0.05, 0.1) is 0 Å². The first-order valence-corrected chi connectivity index (χ1v) is 6.13. The van der Waals surface area contributed by atoms with Crippen LogP contribution >= 0.6 is 11.3 Å². The first-order chi connectivity index (χ1) is 6.94. The van der Waals surface area contributed by atoms with Crippen molar-refractivity contribution in [1.29, 1.82) is 0 Å². The van der Waals surface area contributed by atoms with Crippen LogP contribution < -0.4 is 10.2 Å². The predicted octanol–water partition coefficient (Wildman–Crippen LogP) is 2.49. The molecule has 1 rings (SSSR count). The van der Waals surface area contributed by atoms with E-state index in [0.29, 0.717) is 0 Å². The van der Waals surface area contributed by atoms with Gasteiger partial charge < -0.3 is 10.2 Å². The van der Waals surface area contributed by atoms with Crippen LogP contribution in [-0.2, 0) is 6.54 Å². The van der Waals surface area contributed by atoms with Gasteiger partial charge in [0, 0.05) is 37.3 Å². The van der Waals surface area contributed by atoms with E-state index in [-0.39, 0.29) is 5.54 Å². The van der Waals surface area contributed by atoms with Crippen LogP contribution in [0.3, 0.4) is 0 Å². The Morgan fingerprint density at radius 3 is 2.60 bits per heavy atom. The van der Waals surface area contributed by atoms with Crippen molar-refractivity contribution in [3.63, 3.8) is 0 Å². The lowest BCUT2D eigenvalue weighted by atomic mass is 10.0. The van der Waals surface area contributed by atoms with Crippen LogP contribution in [0.4, 0.5) is 5.13 Å². The number of hydrogen-bond donors (Lipinski definition) is 1. The molecule has 1 N–H and O–H groups in total. The molecule has 15 heavy (non-hydrogen) atoms. The molecule has 1 heterocycles. The maximum absolute atomic E-state index is 4.35. The van der Waals surface area contributed by atoms with Gasteiger partial charge in [-0.3, -0.25) is 0 Å². The molecule has 0 saturated heterocycles. The summed E-state index contributed by atoms with van der Waals surface area (Å²) >= 11 is 1.74. The van der Waals surface area contributed by atoms with Gasteiger partial charge in [-0.15, -0.1) is 11.3 Å². The van der Waals surface area contributed by atoms with Gasteiger partial charge in [0.15, 0.2) is 5.13 Å². The molecule has 0 aliphatic heterocycles. The van der Waals surface area contributed by atoms with Crippen molar-refractivity contribution in [3.8, 4) is 0 Å². The van der Waals surface area contributed by atoms with E-state index in [1.807, 2.05) is 25.2 Å². The molecule has 0 atom stereocenters. The average Bonchev–Trinajstić information content (AvgIpc) is 2.63. The molecular weight excluding hydrogens is 206 g/mol. The Kier molecular flexibility index (Phi) is 4.11. The Morgan fingerprint density at radius 1 is 1.47 bits per heavy atom. The van der Waals surface area contributed by atoms with E-state index in [0.717, 1.165) is 18.1 Å². The van der Waals surface area contributed by atoms with Crippen LogP contribution in [0, 0.1) is 0 Å². The predicted molar refractivity (Wildman–Crippen MR) is 67.7 cm³/mol. The van der Waals surface area contributed by atoms with Crippen molar-refractivity contribution >= 4 is 16.5 Å². The number of thiazole rings is 1. The Morgan fingerprint density at radius 2 is 2.13 bits per heavy atom. The van der Waals surface area contributed by atoms with Crippen molar-refractivity contribution in [1.82, 2.24) is 10.3 Å². The van der Waals surface area contributed by atoms with Gasteiger partial charge >= 0.3 is 0 Å². The molecule has 86 valence electrons. The van der Waals surface area contributed by atoms with Crippen molar-refractivity contribution in [2.45, 2.75) is 39.3 Å². The minimum absolute atomic E-state index is 0.211. The van der Waals surface area contributed by atoms with E-state index in [9.17, 15) is 0 Å². The number of nitrogens with one attached hydrogen (secondary N) is 1. The summed E-state index contributed by atoms with van der Waals surface area (Å²) in [5.74, 6) is 0. The van der Waals surface area contributed by atoms with E-state index in [1.165, 1.54) is 4.88 Å². The standard InChI is InChI=1S/C11H21N3S/c1-6-11(2,3)13-8-9-7-12-10(15-9)14(4)5/h7,13H,6,8H2,1-5H3. The monoisotopic (exact) mass is 227 g/mol.